The molecule has 0 aromatic carbocycles. The molecule has 0 aromatic rings. The van der Waals surface area contributed by atoms with E-state index in [1.807, 2.05) is 0 Å². The van der Waals surface area contributed by atoms with Gasteiger partial charge in [0, 0.05) is 25.9 Å². The zero-order valence-electron chi connectivity index (χ0n) is 12.7. The van der Waals surface area contributed by atoms with Crippen molar-refractivity contribution in [2.24, 2.45) is 0 Å². The summed E-state index contributed by atoms with van der Waals surface area (Å²) < 4.78 is 24.2. The Kier molecular flexibility index (Phi) is 17.2. The van der Waals surface area contributed by atoms with Crippen molar-refractivity contribution in [3.8, 4) is 0 Å². The van der Waals surface area contributed by atoms with E-state index in [0.717, 1.165) is 0 Å². The van der Waals surface area contributed by atoms with Crippen molar-refractivity contribution in [3.05, 3.63) is 0 Å². The number of methoxy groups -OCH3 is 1. The van der Waals surface area contributed by atoms with E-state index in [0.29, 0.717) is 19.6 Å². The van der Waals surface area contributed by atoms with Crippen molar-refractivity contribution in [2.75, 3.05) is 39.4 Å². The van der Waals surface area contributed by atoms with Crippen LogP contribution in [0, 0.1) is 0 Å². The Labute approximate surface area is 130 Å². The number of nitrogens with one attached hydrogen (secondary N) is 1. The van der Waals surface area contributed by atoms with E-state index in [2.05, 4.69) is 5.32 Å². The summed E-state index contributed by atoms with van der Waals surface area (Å²) in [5.74, 6) is -0.0543. The third-order valence-electron chi connectivity index (χ3n) is 2.34. The molecule has 0 radical (unpaired) electrons. The van der Waals surface area contributed by atoms with Crippen molar-refractivity contribution in [3.63, 3.8) is 0 Å². The minimum Gasteiger partial charge on any atom is -0.382 e. The summed E-state index contributed by atoms with van der Waals surface area (Å²) in [4.78, 5) is 23.2. The fourth-order valence-corrected chi connectivity index (χ4v) is 1.69. The fraction of sp³-hybridized carbons (Fsp3) is 0.846. The maximum atomic E-state index is 11.8. The summed E-state index contributed by atoms with van der Waals surface area (Å²) in [7, 11) is 1.27. The van der Waals surface area contributed by atoms with Gasteiger partial charge >= 0.3 is 0 Å². The number of carbonyl (C=O) groups is 2. The molecule has 0 amide bonds. The van der Waals surface area contributed by atoms with E-state index in [1.54, 1.807) is 7.11 Å². The fourth-order valence-electron chi connectivity index (χ4n) is 1.27. The third-order valence-corrected chi connectivity index (χ3v) is 3.08. The molecule has 0 aliphatic heterocycles. The van der Waals surface area contributed by atoms with Crippen molar-refractivity contribution in [1.82, 2.24) is 5.32 Å². The van der Waals surface area contributed by atoms with Crippen LogP contribution in [0.2, 0.25) is 0 Å². The van der Waals surface area contributed by atoms with Gasteiger partial charge in [0.1, 0.15) is 5.78 Å². The van der Waals surface area contributed by atoms with Crippen molar-refractivity contribution < 1.29 is 19.1 Å². The third kappa shape index (κ3) is 13.1. The van der Waals surface area contributed by atoms with Crippen LogP contribution in [0.1, 0.15) is 27.7 Å². The largest absolute Gasteiger partial charge is 0.382 e. The minimum atomic E-state index is -0.451. The molecule has 7 heteroatoms. The van der Waals surface area contributed by atoms with Crippen LogP contribution in [0.5, 0.6) is 0 Å². The standard InChI is InChI=1S/C11H23NO4P2.2CH4/c1-15-4-5-16-8-12-10(11(14)7-18)3-2-9(13)6-17;;/h10,12H,2-8,17-18H2,1H3;2*1H4/i17T,18T;;. The summed E-state index contributed by atoms with van der Waals surface area (Å²) in [6, 6.07) is -0.451. The molecular weight excluding hydrogens is 296 g/mol. The molecule has 5 nitrogen and oxygen atoms in total. The van der Waals surface area contributed by atoms with Crippen molar-refractivity contribution in [2.45, 2.75) is 33.7 Å². The van der Waals surface area contributed by atoms with Crippen LogP contribution in [0.25, 0.3) is 0 Å². The van der Waals surface area contributed by atoms with Crippen LogP contribution in [-0.4, -0.2) is 59.5 Å². The zero-order chi connectivity index (χ0) is 15.2. The lowest BCUT2D eigenvalue weighted by atomic mass is 10.1. The number of ketones is 2. The molecule has 3 atom stereocenters. The lowest BCUT2D eigenvalue weighted by molar-refractivity contribution is -0.120. The van der Waals surface area contributed by atoms with Crippen molar-refractivity contribution >= 4 is 29.9 Å². The monoisotopic (exact) mass is 331 g/mol. The molecule has 3 unspecified atom stereocenters. The highest BCUT2D eigenvalue weighted by molar-refractivity contribution is 7.18. The Bertz CT molecular complexity index is 287. The summed E-state index contributed by atoms with van der Waals surface area (Å²) in [5, 5.41) is 2.96. The predicted molar refractivity (Wildman–Crippen MR) is 91.5 cm³/mol. The lowest BCUT2D eigenvalue weighted by Gasteiger charge is -2.16. The van der Waals surface area contributed by atoms with Gasteiger partial charge in [0.25, 0.3) is 0 Å². The maximum Gasteiger partial charge on any atom is 0.153 e. The molecule has 1 N–H and O–H groups in total. The van der Waals surface area contributed by atoms with Crippen LogP contribution >= 0.6 is 18.4 Å². The number of hydrogen-bond acceptors (Lipinski definition) is 5. The van der Waals surface area contributed by atoms with Gasteiger partial charge < -0.3 is 9.47 Å². The second-order valence-electron chi connectivity index (χ2n) is 3.70. The maximum absolute atomic E-state index is 11.8. The van der Waals surface area contributed by atoms with Gasteiger partial charge in [-0.1, -0.05) is 14.9 Å². The molecule has 0 aliphatic carbocycles. The zero-order valence-corrected chi connectivity index (χ0v) is 12.7. The first-order valence-corrected chi connectivity index (χ1v) is 7.20. The predicted octanol–water partition coefficient (Wildman–Crippen LogP) is 1.51. The van der Waals surface area contributed by atoms with E-state index in [-0.39, 0.29) is 70.3 Å². The summed E-state index contributed by atoms with van der Waals surface area (Å²) in [6.45, 7) is 1.13. The van der Waals surface area contributed by atoms with Gasteiger partial charge in [0.05, 0.1) is 28.5 Å². The van der Waals surface area contributed by atoms with E-state index >= 15 is 0 Å². The van der Waals surface area contributed by atoms with Gasteiger partial charge in [0.2, 0.25) is 0 Å². The van der Waals surface area contributed by atoms with Crippen LogP contribution < -0.4 is 5.32 Å². The molecule has 0 saturated heterocycles. The Morgan fingerprint density at radius 2 is 1.95 bits per heavy atom. The van der Waals surface area contributed by atoms with Gasteiger partial charge in [0.15, 0.2) is 5.78 Å². The Hall–Kier alpha value is 0.0800. The number of rotatable bonds is 14. The lowest BCUT2D eigenvalue weighted by Crippen LogP contribution is -2.39. The van der Waals surface area contributed by atoms with Crippen molar-refractivity contribution in [1.29, 1.82) is 2.56 Å². The number of hydrogen-bond donors (Lipinski definition) is 1. The second-order valence-corrected chi connectivity index (χ2v) is 4.41. The average molecular weight is 331 g/mol. The average Bonchev–Trinajstić information content (AvgIpc) is 2.42. The number of Topliss-reactive ketones (excluding diaryl/α,β-unsaturated/α-hetero) is 2. The normalized spacial score (nSPS) is 13.7. The molecule has 0 aromatic heterocycles. The molecule has 0 aliphatic rings. The Balaban J connectivity index is -0.00000180. The Morgan fingerprint density at radius 3 is 2.55 bits per heavy atom. The second kappa shape index (κ2) is 17.1. The summed E-state index contributed by atoms with van der Waals surface area (Å²) >= 11 is 0. The minimum absolute atomic E-state index is 0. The van der Waals surface area contributed by atoms with E-state index in [4.69, 9.17) is 12.0 Å². The highest BCUT2D eigenvalue weighted by Crippen LogP contribution is 2.03. The molecule has 0 fully saturated rings. The smallest absolute Gasteiger partial charge is 0.153 e. The van der Waals surface area contributed by atoms with Gasteiger partial charge in [-0.2, -0.15) is 0 Å². The summed E-state index contributed by atoms with van der Waals surface area (Å²) in [6.07, 6.45) is 1.14. The topological polar surface area (TPSA) is 64.6 Å². The van der Waals surface area contributed by atoms with E-state index in [1.165, 1.54) is 0 Å². The summed E-state index contributed by atoms with van der Waals surface area (Å²) in [5.41, 5.74) is 0. The van der Waals surface area contributed by atoms with Crippen LogP contribution in [0.4, 0.5) is 0 Å². The molecule has 0 rings (SSSR count). The van der Waals surface area contributed by atoms with Crippen LogP contribution in [0.3, 0.4) is 0 Å². The molecule has 0 spiro atoms. The van der Waals surface area contributed by atoms with Gasteiger partial charge in [-0.25, -0.2) is 0 Å². The molecule has 0 heterocycles. The number of carbonyl (C=O) groups excluding carboxylic acids is 2. The van der Waals surface area contributed by atoms with Gasteiger partial charge in [-0.3, -0.25) is 14.9 Å². The molecule has 0 bridgehead atoms. The van der Waals surface area contributed by atoms with E-state index < -0.39 is 6.04 Å². The first-order valence-electron chi connectivity index (χ1n) is 6.79. The first-order chi connectivity index (χ1) is 9.65. The Morgan fingerprint density at radius 1 is 1.25 bits per heavy atom. The van der Waals surface area contributed by atoms with Crippen LogP contribution in [-0.2, 0) is 19.1 Å². The van der Waals surface area contributed by atoms with Gasteiger partial charge in [-0.05, 0) is 6.42 Å². The SMILES string of the molecule is C.C.[3H]PCC(=O)CCC(NCOCCOC)C(=O)CP[3H]. The highest BCUT2D eigenvalue weighted by atomic mass is 31.0. The molecule has 20 heavy (non-hydrogen) atoms. The quantitative estimate of drug-likeness (QED) is 0.297. The van der Waals surface area contributed by atoms with Gasteiger partial charge in [-0.15, -0.1) is 18.4 Å². The molecule has 122 valence electrons. The first kappa shape index (κ1) is 20.1. The highest BCUT2D eigenvalue weighted by Gasteiger charge is 2.16. The molecular formula is C13H31NO4P2. The van der Waals surface area contributed by atoms with Crippen LogP contribution in [0.15, 0.2) is 0 Å². The molecule has 0 saturated carbocycles. The number of ether oxygens (including phenoxy) is 2. The van der Waals surface area contributed by atoms with E-state index in [9.17, 15) is 9.59 Å².